The molecule has 4 rings (SSSR count). The topological polar surface area (TPSA) is 52.0 Å². The van der Waals surface area contributed by atoms with Crippen LogP contribution in [-0.2, 0) is 0 Å². The average Bonchev–Trinajstić information content (AvgIpc) is 3.38. The summed E-state index contributed by atoms with van der Waals surface area (Å²) in [6, 6.07) is 16.6. The Morgan fingerprint density at radius 1 is 0.708 bits per heavy atom. The van der Waals surface area contributed by atoms with E-state index in [-0.39, 0.29) is 24.8 Å². The van der Waals surface area contributed by atoms with Gasteiger partial charge in [0.1, 0.15) is 0 Å². The molecule has 2 nitrogen and oxygen atoms in total. The van der Waals surface area contributed by atoms with E-state index in [0.717, 1.165) is 22.9 Å². The van der Waals surface area contributed by atoms with E-state index in [1.807, 2.05) is 36.4 Å². The number of halogens is 4. The molecule has 0 aromatic heterocycles. The van der Waals surface area contributed by atoms with Gasteiger partial charge in [0.25, 0.3) is 0 Å². The average molecular weight is 408 g/mol. The minimum atomic E-state index is 0. The normalized spacial score (nSPS) is 26.2. The highest BCUT2D eigenvalue weighted by Crippen LogP contribution is 2.40. The molecule has 0 radical (unpaired) electrons. The van der Waals surface area contributed by atoms with Gasteiger partial charge in [0.2, 0.25) is 0 Å². The van der Waals surface area contributed by atoms with Crippen molar-refractivity contribution in [2.24, 2.45) is 11.5 Å². The first-order valence-corrected chi connectivity index (χ1v) is 8.32. The fourth-order valence-electron chi connectivity index (χ4n) is 2.67. The van der Waals surface area contributed by atoms with E-state index in [1.54, 1.807) is 0 Å². The van der Waals surface area contributed by atoms with Gasteiger partial charge in [-0.2, -0.15) is 0 Å². The quantitative estimate of drug-likeness (QED) is 0.722. The van der Waals surface area contributed by atoms with E-state index >= 15 is 0 Å². The molecule has 0 heterocycles. The first-order chi connectivity index (χ1) is 10.5. The fourth-order valence-corrected chi connectivity index (χ4v) is 3.07. The summed E-state index contributed by atoms with van der Waals surface area (Å²) in [5, 5.41) is 1.61. The summed E-state index contributed by atoms with van der Waals surface area (Å²) in [6.45, 7) is 0. The minimum Gasteiger partial charge on any atom is -0.327 e. The first kappa shape index (κ1) is 21.6. The Labute approximate surface area is 165 Å². The van der Waals surface area contributed by atoms with Gasteiger partial charge in [-0.25, -0.2) is 0 Å². The zero-order valence-electron chi connectivity index (χ0n) is 13.1. The molecule has 0 amide bonds. The molecule has 0 saturated heterocycles. The van der Waals surface area contributed by atoms with Crippen molar-refractivity contribution >= 4 is 48.0 Å². The third kappa shape index (κ3) is 5.80. The van der Waals surface area contributed by atoms with Crippen LogP contribution in [0.3, 0.4) is 0 Å². The lowest BCUT2D eigenvalue weighted by molar-refractivity contribution is 0.990. The highest BCUT2D eigenvalue weighted by atomic mass is 35.5. The molecule has 2 aromatic rings. The molecule has 2 saturated carbocycles. The number of rotatable bonds is 2. The Morgan fingerprint density at radius 2 is 1.04 bits per heavy atom. The van der Waals surface area contributed by atoms with Crippen molar-refractivity contribution in [2.45, 2.75) is 36.8 Å². The minimum absolute atomic E-state index is 0. The number of hydrogen-bond acceptors (Lipinski definition) is 2. The van der Waals surface area contributed by atoms with Gasteiger partial charge in [-0.1, -0.05) is 47.5 Å². The van der Waals surface area contributed by atoms with Gasteiger partial charge in [-0.05, 0) is 48.2 Å². The van der Waals surface area contributed by atoms with Crippen LogP contribution in [0.5, 0.6) is 0 Å². The van der Waals surface area contributed by atoms with Crippen LogP contribution < -0.4 is 11.5 Å². The van der Waals surface area contributed by atoms with Gasteiger partial charge in [0.05, 0.1) is 0 Å². The Kier molecular flexibility index (Phi) is 8.34. The van der Waals surface area contributed by atoms with E-state index < -0.39 is 0 Å². The van der Waals surface area contributed by atoms with Crippen molar-refractivity contribution in [1.82, 2.24) is 0 Å². The van der Waals surface area contributed by atoms with Crippen LogP contribution in [0.15, 0.2) is 48.5 Å². The van der Waals surface area contributed by atoms with Crippen molar-refractivity contribution in [3.05, 3.63) is 69.7 Å². The maximum atomic E-state index is 5.82. The third-order valence-electron chi connectivity index (χ3n) is 4.23. The Bertz CT molecular complexity index is 607. The lowest BCUT2D eigenvalue weighted by Gasteiger charge is -1.97. The lowest BCUT2D eigenvalue weighted by atomic mass is 10.1. The summed E-state index contributed by atoms with van der Waals surface area (Å²) < 4.78 is 0. The van der Waals surface area contributed by atoms with E-state index in [1.165, 1.54) is 11.1 Å². The maximum Gasteiger partial charge on any atom is 0.0408 e. The van der Waals surface area contributed by atoms with Crippen LogP contribution in [0, 0.1) is 0 Å². The zero-order chi connectivity index (χ0) is 15.7. The molecule has 0 bridgehead atoms. The van der Waals surface area contributed by atoms with Crippen molar-refractivity contribution in [1.29, 1.82) is 0 Å². The second-order valence-corrected chi connectivity index (χ2v) is 6.99. The van der Waals surface area contributed by atoms with Crippen molar-refractivity contribution in [3.63, 3.8) is 0 Å². The van der Waals surface area contributed by atoms with Crippen molar-refractivity contribution in [3.8, 4) is 0 Å². The van der Waals surface area contributed by atoms with Crippen LogP contribution in [-0.4, -0.2) is 12.1 Å². The SMILES string of the molecule is Cl.Cl.N[C@@H]1C[C@H]1c1cccc(Cl)c1.N[C@H]1C[C@@H]1c1cccc(Cl)c1. The highest BCUT2D eigenvalue weighted by Gasteiger charge is 2.35. The van der Waals surface area contributed by atoms with E-state index in [9.17, 15) is 0 Å². The second kappa shape index (κ2) is 9.28. The largest absolute Gasteiger partial charge is 0.327 e. The summed E-state index contributed by atoms with van der Waals surface area (Å²) in [6.07, 6.45) is 2.22. The van der Waals surface area contributed by atoms with Crippen LogP contribution in [0.2, 0.25) is 10.0 Å². The highest BCUT2D eigenvalue weighted by molar-refractivity contribution is 6.30. The molecule has 2 aliphatic carbocycles. The molecule has 4 N–H and O–H groups in total. The van der Waals surface area contributed by atoms with Crippen LogP contribution in [0.1, 0.15) is 35.8 Å². The fraction of sp³-hybridized carbons (Fsp3) is 0.333. The molecule has 0 aliphatic heterocycles. The maximum absolute atomic E-state index is 5.82. The predicted octanol–water partition coefficient (Wildman–Crippen LogP) is 5.15. The molecular formula is C18H22Cl4N2. The molecule has 2 aliphatic rings. The van der Waals surface area contributed by atoms with Gasteiger partial charge in [0, 0.05) is 34.0 Å². The molecule has 132 valence electrons. The second-order valence-electron chi connectivity index (χ2n) is 6.12. The standard InChI is InChI=1S/2C9H10ClN.2ClH/c2*10-7-3-1-2-6(4-7)8-5-9(8)11;;/h2*1-4,8-9H,5,11H2;2*1H/t2*8-,9+;;/m10../s1. The Balaban J connectivity index is 0.000000222. The smallest absolute Gasteiger partial charge is 0.0408 e. The molecule has 0 spiro atoms. The van der Waals surface area contributed by atoms with Gasteiger partial charge >= 0.3 is 0 Å². The molecule has 2 fully saturated rings. The molecular weight excluding hydrogens is 386 g/mol. The lowest BCUT2D eigenvalue weighted by Crippen LogP contribution is -2.00. The molecule has 24 heavy (non-hydrogen) atoms. The Hall–Kier alpha value is -0.480. The molecule has 4 atom stereocenters. The van der Waals surface area contributed by atoms with E-state index in [0.29, 0.717) is 23.9 Å². The van der Waals surface area contributed by atoms with Gasteiger partial charge in [0.15, 0.2) is 0 Å². The molecule has 6 heteroatoms. The monoisotopic (exact) mass is 406 g/mol. The van der Waals surface area contributed by atoms with E-state index in [4.69, 9.17) is 34.7 Å². The Morgan fingerprint density at radius 3 is 1.29 bits per heavy atom. The summed E-state index contributed by atoms with van der Waals surface area (Å²) in [5.41, 5.74) is 14.0. The van der Waals surface area contributed by atoms with Gasteiger partial charge in [-0.3, -0.25) is 0 Å². The summed E-state index contributed by atoms with van der Waals surface area (Å²) in [4.78, 5) is 0. The molecule has 0 unspecified atom stereocenters. The number of hydrogen-bond donors (Lipinski definition) is 2. The van der Waals surface area contributed by atoms with Gasteiger partial charge < -0.3 is 11.5 Å². The zero-order valence-corrected chi connectivity index (χ0v) is 16.2. The number of benzene rings is 2. The van der Waals surface area contributed by atoms with E-state index in [2.05, 4.69) is 12.1 Å². The van der Waals surface area contributed by atoms with Gasteiger partial charge in [-0.15, -0.1) is 24.8 Å². The number of nitrogens with two attached hydrogens (primary N) is 2. The predicted molar refractivity (Wildman–Crippen MR) is 108 cm³/mol. The summed E-state index contributed by atoms with van der Waals surface area (Å²) in [7, 11) is 0. The van der Waals surface area contributed by atoms with Crippen LogP contribution >= 0.6 is 48.0 Å². The summed E-state index contributed by atoms with van der Waals surface area (Å²) in [5.74, 6) is 1.13. The molecule has 2 aromatic carbocycles. The van der Waals surface area contributed by atoms with Crippen molar-refractivity contribution in [2.75, 3.05) is 0 Å². The third-order valence-corrected chi connectivity index (χ3v) is 4.70. The van der Waals surface area contributed by atoms with Crippen LogP contribution in [0.25, 0.3) is 0 Å². The summed E-state index contributed by atoms with van der Waals surface area (Å²) >= 11 is 11.6. The van der Waals surface area contributed by atoms with Crippen molar-refractivity contribution < 1.29 is 0 Å². The first-order valence-electron chi connectivity index (χ1n) is 7.56. The van der Waals surface area contributed by atoms with Crippen LogP contribution in [0.4, 0.5) is 0 Å².